The first-order chi connectivity index (χ1) is 17.5. The third kappa shape index (κ3) is 6.62. The number of carbonyl (C=O) groups excluding carboxylic acids is 2. The van der Waals surface area contributed by atoms with Crippen LogP contribution in [0.25, 0.3) is 0 Å². The molecule has 0 fully saturated rings. The number of nitrogens with zero attached hydrogens (tertiary/aromatic N) is 3. The van der Waals surface area contributed by atoms with Crippen molar-refractivity contribution in [3.05, 3.63) is 111 Å². The summed E-state index contributed by atoms with van der Waals surface area (Å²) < 4.78 is 2.07. The summed E-state index contributed by atoms with van der Waals surface area (Å²) in [6, 6.07) is 21.2. The highest BCUT2D eigenvalue weighted by Gasteiger charge is 2.19. The summed E-state index contributed by atoms with van der Waals surface area (Å²) in [6.07, 6.45) is 3.59. The lowest BCUT2D eigenvalue weighted by atomic mass is 10.1. The van der Waals surface area contributed by atoms with Gasteiger partial charge in [0.25, 0.3) is 11.8 Å². The Hall–Kier alpha value is -3.42. The van der Waals surface area contributed by atoms with Gasteiger partial charge in [-0.05, 0) is 42.7 Å². The van der Waals surface area contributed by atoms with Gasteiger partial charge in [0.05, 0.1) is 23.7 Å². The van der Waals surface area contributed by atoms with E-state index in [1.165, 1.54) is 16.9 Å². The zero-order valence-electron chi connectivity index (χ0n) is 20.2. The van der Waals surface area contributed by atoms with E-state index in [1.807, 2.05) is 72.6 Å². The molecule has 1 N–H and O–H groups in total. The fourth-order valence-electron chi connectivity index (χ4n) is 3.96. The molecule has 0 atom stereocenters. The predicted molar refractivity (Wildman–Crippen MR) is 145 cm³/mol. The summed E-state index contributed by atoms with van der Waals surface area (Å²) in [4.78, 5) is 32.1. The number of amides is 2. The van der Waals surface area contributed by atoms with E-state index in [-0.39, 0.29) is 11.8 Å². The van der Waals surface area contributed by atoms with E-state index in [4.69, 9.17) is 11.6 Å². The van der Waals surface area contributed by atoms with E-state index in [9.17, 15) is 9.59 Å². The second-order valence-corrected chi connectivity index (χ2v) is 9.80. The first-order valence-electron chi connectivity index (χ1n) is 12.0. The van der Waals surface area contributed by atoms with Crippen molar-refractivity contribution in [2.75, 3.05) is 13.1 Å². The van der Waals surface area contributed by atoms with Crippen LogP contribution in [0.15, 0.2) is 78.3 Å². The quantitative estimate of drug-likeness (QED) is 0.277. The lowest BCUT2D eigenvalue weighted by Crippen LogP contribution is -2.32. The van der Waals surface area contributed by atoms with Gasteiger partial charge in [-0.1, -0.05) is 61.0 Å². The van der Waals surface area contributed by atoms with Crippen LogP contribution in [-0.2, 0) is 19.5 Å². The minimum atomic E-state index is -0.166. The molecule has 0 spiro atoms. The molecule has 0 aliphatic carbocycles. The lowest BCUT2D eigenvalue weighted by Gasteiger charge is -2.23. The Morgan fingerprint density at radius 1 is 1.06 bits per heavy atom. The molecule has 0 bridgehead atoms. The minimum absolute atomic E-state index is 0.0843. The molecule has 2 heterocycles. The summed E-state index contributed by atoms with van der Waals surface area (Å²) >= 11 is 7.74. The van der Waals surface area contributed by atoms with Gasteiger partial charge in [0.1, 0.15) is 10.7 Å². The number of nitrogens with one attached hydrogen (secondary N) is 1. The van der Waals surface area contributed by atoms with Crippen molar-refractivity contribution >= 4 is 34.8 Å². The molecule has 2 aromatic heterocycles. The van der Waals surface area contributed by atoms with E-state index < -0.39 is 0 Å². The maximum absolute atomic E-state index is 13.2. The Bertz CT molecular complexity index is 1300. The van der Waals surface area contributed by atoms with Crippen molar-refractivity contribution in [2.24, 2.45) is 0 Å². The molecule has 0 unspecified atom stereocenters. The zero-order valence-corrected chi connectivity index (χ0v) is 21.8. The molecule has 0 aliphatic rings. The fraction of sp³-hybridized carbons (Fsp3) is 0.250. The Kier molecular flexibility index (Phi) is 8.92. The van der Waals surface area contributed by atoms with Crippen LogP contribution in [-0.4, -0.2) is 39.4 Å². The number of hydrogen-bond donors (Lipinski definition) is 1. The third-order valence-corrected chi connectivity index (χ3v) is 6.96. The van der Waals surface area contributed by atoms with Crippen LogP contribution in [0.1, 0.15) is 50.5 Å². The van der Waals surface area contributed by atoms with Gasteiger partial charge >= 0.3 is 0 Å². The Morgan fingerprint density at radius 2 is 1.83 bits per heavy atom. The number of halogens is 1. The summed E-state index contributed by atoms with van der Waals surface area (Å²) in [5.74, 6) is -0.250. The van der Waals surface area contributed by atoms with E-state index in [1.54, 1.807) is 17.5 Å². The van der Waals surface area contributed by atoms with E-state index in [0.717, 1.165) is 23.5 Å². The Labute approximate surface area is 220 Å². The van der Waals surface area contributed by atoms with Crippen LogP contribution in [0.2, 0.25) is 5.02 Å². The number of aromatic nitrogens is 2. The molecule has 0 aliphatic heterocycles. The maximum Gasteiger partial charge on any atom is 0.270 e. The predicted octanol–water partition coefficient (Wildman–Crippen LogP) is 5.67. The van der Waals surface area contributed by atoms with Gasteiger partial charge in [-0.15, -0.1) is 11.3 Å². The minimum Gasteiger partial charge on any atom is -0.350 e. The van der Waals surface area contributed by atoms with E-state index >= 15 is 0 Å². The molecule has 0 radical (unpaired) electrons. The molecule has 36 heavy (non-hydrogen) atoms. The molecule has 0 saturated heterocycles. The van der Waals surface area contributed by atoms with Crippen LogP contribution in [0, 0.1) is 0 Å². The zero-order chi connectivity index (χ0) is 25.3. The maximum atomic E-state index is 13.2. The smallest absolute Gasteiger partial charge is 0.270 e. The molecular weight excluding hydrogens is 492 g/mol. The summed E-state index contributed by atoms with van der Waals surface area (Å²) in [7, 11) is 0. The number of thiazole rings is 1. The summed E-state index contributed by atoms with van der Waals surface area (Å²) in [5.41, 5.74) is 3.11. The molecule has 8 heteroatoms. The van der Waals surface area contributed by atoms with Crippen LogP contribution in [0.5, 0.6) is 0 Å². The first-order valence-corrected chi connectivity index (χ1v) is 13.2. The topological polar surface area (TPSA) is 67.2 Å². The molecule has 4 rings (SSSR count). The average Bonchev–Trinajstić information content (AvgIpc) is 3.54. The molecule has 2 amide bonds. The van der Waals surface area contributed by atoms with Gasteiger partial charge in [0.2, 0.25) is 0 Å². The van der Waals surface area contributed by atoms with Crippen LogP contribution < -0.4 is 5.32 Å². The first kappa shape index (κ1) is 25.7. The normalized spacial score (nSPS) is 10.8. The number of rotatable bonds is 11. The van der Waals surface area contributed by atoms with Gasteiger partial charge in [0, 0.05) is 30.4 Å². The highest BCUT2D eigenvalue weighted by Crippen LogP contribution is 2.20. The second kappa shape index (κ2) is 12.5. The van der Waals surface area contributed by atoms with Gasteiger partial charge in [-0.25, -0.2) is 4.98 Å². The van der Waals surface area contributed by atoms with Crippen LogP contribution in [0.3, 0.4) is 0 Å². The lowest BCUT2D eigenvalue weighted by molar-refractivity contribution is 0.0739. The molecular formula is C28H29ClN4O2S. The van der Waals surface area contributed by atoms with Gasteiger partial charge in [0.15, 0.2) is 0 Å². The van der Waals surface area contributed by atoms with Crippen molar-refractivity contribution in [1.82, 2.24) is 19.8 Å². The van der Waals surface area contributed by atoms with Crippen molar-refractivity contribution in [2.45, 2.75) is 32.9 Å². The molecule has 186 valence electrons. The van der Waals surface area contributed by atoms with Crippen LogP contribution >= 0.6 is 22.9 Å². The highest BCUT2D eigenvalue weighted by molar-refractivity contribution is 7.09. The van der Waals surface area contributed by atoms with E-state index in [2.05, 4.69) is 14.9 Å². The van der Waals surface area contributed by atoms with Gasteiger partial charge in [-0.3, -0.25) is 9.59 Å². The largest absolute Gasteiger partial charge is 0.350 e. The number of carbonyl (C=O) groups is 2. The molecule has 2 aromatic carbocycles. The molecule has 4 aromatic rings. The Balaban J connectivity index is 1.38. The Morgan fingerprint density at radius 3 is 2.61 bits per heavy atom. The SMILES string of the molecule is CCCN(Cc1cccn1Cc1nc(C(=O)NCCc2ccccc2)cs1)C(=O)c1ccccc1Cl. The second-order valence-electron chi connectivity index (χ2n) is 8.45. The number of hydrogen-bond acceptors (Lipinski definition) is 4. The van der Waals surface area contributed by atoms with Gasteiger partial charge < -0.3 is 14.8 Å². The van der Waals surface area contributed by atoms with Crippen molar-refractivity contribution in [3.8, 4) is 0 Å². The standard InChI is InChI=1S/C28H29ClN4O2S/c1-2-16-33(28(35)23-12-6-7-13-24(23)29)18-22-11-8-17-32(22)19-26-31-25(20-36-26)27(34)30-15-14-21-9-4-3-5-10-21/h3-13,17,20H,2,14-16,18-19H2,1H3,(H,30,34). The monoisotopic (exact) mass is 520 g/mol. The van der Waals surface area contributed by atoms with Crippen molar-refractivity contribution in [3.63, 3.8) is 0 Å². The van der Waals surface area contributed by atoms with Crippen LogP contribution in [0.4, 0.5) is 0 Å². The number of benzene rings is 2. The highest BCUT2D eigenvalue weighted by atomic mass is 35.5. The fourth-order valence-corrected chi connectivity index (χ4v) is 4.95. The van der Waals surface area contributed by atoms with E-state index in [0.29, 0.717) is 42.5 Å². The van der Waals surface area contributed by atoms with Crippen molar-refractivity contribution < 1.29 is 9.59 Å². The van der Waals surface area contributed by atoms with Gasteiger partial charge in [-0.2, -0.15) is 0 Å². The third-order valence-electron chi connectivity index (χ3n) is 5.79. The van der Waals surface area contributed by atoms with Crippen molar-refractivity contribution in [1.29, 1.82) is 0 Å². The summed E-state index contributed by atoms with van der Waals surface area (Å²) in [5, 5.41) is 6.03. The molecule has 0 saturated carbocycles. The average molecular weight is 521 g/mol. The molecule has 6 nitrogen and oxygen atoms in total. The summed E-state index contributed by atoms with van der Waals surface area (Å²) in [6.45, 7) is 4.23.